The predicted molar refractivity (Wildman–Crippen MR) is 65.7 cm³/mol. The molecule has 5 nitrogen and oxygen atoms in total. The molecule has 0 spiro atoms. The third kappa shape index (κ3) is 3.16. The van der Waals surface area contributed by atoms with Crippen molar-refractivity contribution in [2.24, 2.45) is 5.73 Å². The van der Waals surface area contributed by atoms with Crippen LogP contribution in [-0.4, -0.2) is 62.1 Å². The molecule has 6 heteroatoms. The van der Waals surface area contributed by atoms with Gasteiger partial charge in [0.2, 0.25) is 10.0 Å². The van der Waals surface area contributed by atoms with Crippen LogP contribution in [-0.2, 0) is 10.0 Å². The first-order chi connectivity index (χ1) is 7.29. The van der Waals surface area contributed by atoms with Crippen LogP contribution in [0.1, 0.15) is 20.3 Å². The van der Waals surface area contributed by atoms with Gasteiger partial charge in [-0.25, -0.2) is 8.42 Å². The summed E-state index contributed by atoms with van der Waals surface area (Å²) >= 11 is 0. The highest BCUT2D eigenvalue weighted by Gasteiger charge is 2.35. The Morgan fingerprint density at radius 1 is 1.31 bits per heavy atom. The maximum atomic E-state index is 12.0. The molecular formula is C10H23N3O2S. The smallest absolute Gasteiger partial charge is 0.214 e. The van der Waals surface area contributed by atoms with Gasteiger partial charge in [0.1, 0.15) is 0 Å². The summed E-state index contributed by atoms with van der Waals surface area (Å²) in [7, 11) is -1.08. The molecule has 0 aliphatic carbocycles. The van der Waals surface area contributed by atoms with E-state index in [9.17, 15) is 8.42 Å². The molecule has 1 saturated heterocycles. The lowest BCUT2D eigenvalue weighted by Gasteiger charge is -2.44. The van der Waals surface area contributed by atoms with Crippen LogP contribution in [0.25, 0.3) is 0 Å². The molecule has 2 N–H and O–H groups in total. The van der Waals surface area contributed by atoms with Gasteiger partial charge in [-0.1, -0.05) is 0 Å². The van der Waals surface area contributed by atoms with Crippen molar-refractivity contribution in [2.45, 2.75) is 25.8 Å². The van der Waals surface area contributed by atoms with Crippen LogP contribution in [0.15, 0.2) is 0 Å². The second-order valence-corrected chi connectivity index (χ2v) is 7.11. The lowest BCUT2D eigenvalue weighted by atomic mass is 10.0. The fourth-order valence-electron chi connectivity index (χ4n) is 1.83. The number of hydrogen-bond donors (Lipinski definition) is 1. The normalized spacial score (nSPS) is 23.5. The van der Waals surface area contributed by atoms with Crippen molar-refractivity contribution in [3.63, 3.8) is 0 Å². The van der Waals surface area contributed by atoms with E-state index in [4.69, 9.17) is 5.73 Å². The first-order valence-corrected chi connectivity index (χ1v) is 7.30. The number of nitrogens with two attached hydrogens (primary N) is 1. The second kappa shape index (κ2) is 5.00. The van der Waals surface area contributed by atoms with Gasteiger partial charge in [-0.05, 0) is 33.9 Å². The number of hydrogen-bond acceptors (Lipinski definition) is 4. The minimum absolute atomic E-state index is 0.0893. The van der Waals surface area contributed by atoms with Crippen LogP contribution < -0.4 is 5.73 Å². The van der Waals surface area contributed by atoms with E-state index in [1.165, 1.54) is 0 Å². The standard InChI is InChI=1S/C10H23N3O2S/c1-10(2)9-13(7-6-12(10)3)16(14,15)8-4-5-11/h4-9,11H2,1-3H3. The van der Waals surface area contributed by atoms with Crippen molar-refractivity contribution in [2.75, 3.05) is 39.0 Å². The molecule has 0 aromatic rings. The van der Waals surface area contributed by atoms with E-state index in [-0.39, 0.29) is 11.3 Å². The molecule has 0 saturated carbocycles. The zero-order valence-electron chi connectivity index (χ0n) is 10.4. The molecule has 0 unspecified atom stereocenters. The summed E-state index contributed by atoms with van der Waals surface area (Å²) in [6, 6.07) is 0. The number of piperazine rings is 1. The van der Waals surface area contributed by atoms with E-state index in [1.54, 1.807) is 4.31 Å². The van der Waals surface area contributed by atoms with Crippen LogP contribution in [0.3, 0.4) is 0 Å². The maximum absolute atomic E-state index is 12.0. The molecule has 0 atom stereocenters. The number of rotatable bonds is 4. The van der Waals surface area contributed by atoms with E-state index in [2.05, 4.69) is 18.7 Å². The Morgan fingerprint density at radius 3 is 2.44 bits per heavy atom. The molecular weight excluding hydrogens is 226 g/mol. The zero-order chi connectivity index (χ0) is 12.4. The first-order valence-electron chi connectivity index (χ1n) is 5.69. The lowest BCUT2D eigenvalue weighted by molar-refractivity contribution is 0.0801. The quantitative estimate of drug-likeness (QED) is 0.742. The van der Waals surface area contributed by atoms with Gasteiger partial charge in [-0.15, -0.1) is 0 Å². The highest BCUT2D eigenvalue weighted by atomic mass is 32.2. The molecule has 0 aromatic heterocycles. The van der Waals surface area contributed by atoms with Crippen molar-refractivity contribution in [3.8, 4) is 0 Å². The summed E-state index contributed by atoms with van der Waals surface area (Å²) in [4.78, 5) is 2.20. The van der Waals surface area contributed by atoms with Crippen molar-refractivity contribution in [1.82, 2.24) is 9.21 Å². The molecule has 1 aliphatic heterocycles. The molecule has 96 valence electrons. The van der Waals surface area contributed by atoms with Gasteiger partial charge in [-0.3, -0.25) is 4.90 Å². The van der Waals surface area contributed by atoms with Crippen molar-refractivity contribution >= 4 is 10.0 Å². The average molecular weight is 249 g/mol. The van der Waals surface area contributed by atoms with Crippen LogP contribution >= 0.6 is 0 Å². The Kier molecular flexibility index (Phi) is 4.34. The molecule has 1 aliphatic rings. The Morgan fingerprint density at radius 2 is 1.94 bits per heavy atom. The van der Waals surface area contributed by atoms with E-state index >= 15 is 0 Å². The van der Waals surface area contributed by atoms with Crippen molar-refractivity contribution in [1.29, 1.82) is 0 Å². The molecule has 0 aromatic carbocycles. The summed E-state index contributed by atoms with van der Waals surface area (Å²) in [6.07, 6.45) is 0.537. The molecule has 1 rings (SSSR count). The molecule has 0 radical (unpaired) electrons. The highest BCUT2D eigenvalue weighted by Crippen LogP contribution is 2.21. The molecule has 1 heterocycles. The van der Waals surface area contributed by atoms with Gasteiger partial charge in [0, 0.05) is 25.2 Å². The van der Waals surface area contributed by atoms with E-state index in [0.717, 1.165) is 6.54 Å². The van der Waals surface area contributed by atoms with Crippen molar-refractivity contribution < 1.29 is 8.42 Å². The van der Waals surface area contributed by atoms with Gasteiger partial charge >= 0.3 is 0 Å². The average Bonchev–Trinajstić information content (AvgIpc) is 2.19. The predicted octanol–water partition coefficient (Wildman–Crippen LogP) is -0.309. The third-order valence-corrected chi connectivity index (χ3v) is 5.18. The maximum Gasteiger partial charge on any atom is 0.214 e. The number of sulfonamides is 1. The van der Waals surface area contributed by atoms with Gasteiger partial charge in [0.05, 0.1) is 5.75 Å². The second-order valence-electron chi connectivity index (χ2n) is 5.03. The van der Waals surface area contributed by atoms with Gasteiger partial charge in [0.25, 0.3) is 0 Å². The Bertz CT molecular complexity index is 327. The minimum Gasteiger partial charge on any atom is -0.330 e. The lowest BCUT2D eigenvalue weighted by Crippen LogP contribution is -2.59. The molecule has 0 bridgehead atoms. The number of nitrogens with zero attached hydrogens (tertiary/aromatic N) is 2. The monoisotopic (exact) mass is 249 g/mol. The molecule has 0 amide bonds. The van der Waals surface area contributed by atoms with Gasteiger partial charge < -0.3 is 5.73 Å². The third-order valence-electron chi connectivity index (χ3n) is 3.28. The molecule has 16 heavy (non-hydrogen) atoms. The Hall–Kier alpha value is -0.170. The van der Waals surface area contributed by atoms with E-state index < -0.39 is 10.0 Å². The van der Waals surface area contributed by atoms with Crippen LogP contribution in [0.5, 0.6) is 0 Å². The SMILES string of the molecule is CN1CCN(S(=O)(=O)CCCN)CC1(C)C. The zero-order valence-corrected chi connectivity index (χ0v) is 11.3. The van der Waals surface area contributed by atoms with Crippen LogP contribution in [0.2, 0.25) is 0 Å². The van der Waals surface area contributed by atoms with Crippen molar-refractivity contribution in [3.05, 3.63) is 0 Å². The van der Waals surface area contributed by atoms with Gasteiger partial charge in [-0.2, -0.15) is 4.31 Å². The Labute approximate surface area is 98.6 Å². The fourth-order valence-corrected chi connectivity index (χ4v) is 3.49. The van der Waals surface area contributed by atoms with Crippen LogP contribution in [0.4, 0.5) is 0 Å². The number of likely N-dealkylation sites (N-methyl/N-ethyl adjacent to an activating group) is 1. The highest BCUT2D eigenvalue weighted by molar-refractivity contribution is 7.89. The Balaban J connectivity index is 2.69. The fraction of sp³-hybridized carbons (Fsp3) is 1.00. The summed E-state index contributed by atoms with van der Waals surface area (Å²) in [5.41, 5.74) is 5.26. The van der Waals surface area contributed by atoms with Crippen LogP contribution in [0, 0.1) is 0 Å². The first kappa shape index (κ1) is 13.9. The topological polar surface area (TPSA) is 66.6 Å². The minimum atomic E-state index is -3.11. The van der Waals surface area contributed by atoms with Gasteiger partial charge in [0.15, 0.2) is 0 Å². The summed E-state index contributed by atoms with van der Waals surface area (Å²) in [6.45, 7) is 6.50. The summed E-state index contributed by atoms with van der Waals surface area (Å²) < 4.78 is 25.6. The molecule has 1 fully saturated rings. The summed E-state index contributed by atoms with van der Waals surface area (Å²) in [5.74, 6) is 0.170. The van der Waals surface area contributed by atoms with E-state index in [0.29, 0.717) is 26.1 Å². The van der Waals surface area contributed by atoms with E-state index in [1.807, 2.05) is 7.05 Å². The summed E-state index contributed by atoms with van der Waals surface area (Å²) in [5, 5.41) is 0. The largest absolute Gasteiger partial charge is 0.330 e.